The van der Waals surface area contributed by atoms with E-state index in [1.807, 2.05) is 80.6 Å². The molecular formula is C25H24N4O3. The Labute approximate surface area is 186 Å². The van der Waals surface area contributed by atoms with E-state index in [0.717, 1.165) is 22.4 Å². The molecule has 4 rings (SSSR count). The second kappa shape index (κ2) is 9.34. The Bertz CT molecular complexity index is 1220. The van der Waals surface area contributed by atoms with Crippen molar-refractivity contribution in [3.63, 3.8) is 0 Å². The number of benzene rings is 2. The topological polar surface area (TPSA) is 78.3 Å². The molecular weight excluding hydrogens is 404 g/mol. The number of carbonyl (C=O) groups excluding carboxylic acids is 1. The van der Waals surface area contributed by atoms with E-state index < -0.39 is 0 Å². The van der Waals surface area contributed by atoms with Gasteiger partial charge in [0.25, 0.3) is 5.91 Å². The Balaban J connectivity index is 1.58. The molecule has 0 fully saturated rings. The lowest BCUT2D eigenvalue weighted by atomic mass is 10.1. The van der Waals surface area contributed by atoms with E-state index in [2.05, 4.69) is 15.4 Å². The molecule has 0 saturated carbocycles. The first kappa shape index (κ1) is 21.1. The summed E-state index contributed by atoms with van der Waals surface area (Å²) in [5, 5.41) is 7.56. The van der Waals surface area contributed by atoms with E-state index in [-0.39, 0.29) is 12.5 Å². The highest BCUT2D eigenvalue weighted by Gasteiger charge is 2.15. The van der Waals surface area contributed by atoms with Crippen LogP contribution in [0.15, 0.2) is 72.9 Å². The first-order valence-electron chi connectivity index (χ1n) is 10.2. The molecule has 0 aliphatic rings. The third-order valence-corrected chi connectivity index (χ3v) is 5.14. The van der Waals surface area contributed by atoms with Gasteiger partial charge < -0.3 is 14.8 Å². The van der Waals surface area contributed by atoms with Crippen LogP contribution < -0.4 is 14.8 Å². The van der Waals surface area contributed by atoms with Crippen LogP contribution in [-0.2, 0) is 4.79 Å². The number of hydrogen-bond acceptors (Lipinski definition) is 5. The van der Waals surface area contributed by atoms with Crippen molar-refractivity contribution in [2.75, 3.05) is 19.0 Å². The molecule has 0 bridgehead atoms. The van der Waals surface area contributed by atoms with Gasteiger partial charge in [-0.25, -0.2) is 4.98 Å². The second-order valence-corrected chi connectivity index (χ2v) is 7.28. The van der Waals surface area contributed by atoms with Crippen molar-refractivity contribution in [3.8, 4) is 28.6 Å². The average molecular weight is 428 g/mol. The highest BCUT2D eigenvalue weighted by molar-refractivity contribution is 5.92. The van der Waals surface area contributed by atoms with Crippen LogP contribution in [-0.4, -0.2) is 34.4 Å². The summed E-state index contributed by atoms with van der Waals surface area (Å²) in [6, 6.07) is 20.7. The summed E-state index contributed by atoms with van der Waals surface area (Å²) >= 11 is 0. The zero-order valence-electron chi connectivity index (χ0n) is 18.2. The Morgan fingerprint density at radius 1 is 1.03 bits per heavy atom. The normalized spacial score (nSPS) is 10.6. The molecule has 0 spiro atoms. The zero-order valence-corrected chi connectivity index (χ0v) is 18.2. The minimum absolute atomic E-state index is 0.116. The van der Waals surface area contributed by atoms with E-state index in [9.17, 15) is 4.79 Å². The maximum absolute atomic E-state index is 12.7. The molecule has 7 nitrogen and oxygen atoms in total. The van der Waals surface area contributed by atoms with Crippen LogP contribution >= 0.6 is 0 Å². The van der Waals surface area contributed by atoms with Gasteiger partial charge in [-0.15, -0.1) is 0 Å². The number of carbonyl (C=O) groups is 1. The maximum atomic E-state index is 12.7. The number of pyridine rings is 1. The molecule has 0 aliphatic heterocycles. The van der Waals surface area contributed by atoms with Crippen molar-refractivity contribution in [1.29, 1.82) is 0 Å². The molecule has 4 aromatic rings. The Hall–Kier alpha value is -4.13. The molecule has 0 atom stereocenters. The van der Waals surface area contributed by atoms with Crippen LogP contribution in [0, 0.1) is 13.8 Å². The van der Waals surface area contributed by atoms with E-state index >= 15 is 0 Å². The van der Waals surface area contributed by atoms with Crippen molar-refractivity contribution in [1.82, 2.24) is 14.8 Å². The molecule has 162 valence electrons. The minimum atomic E-state index is -0.288. The molecule has 0 aliphatic carbocycles. The van der Waals surface area contributed by atoms with E-state index in [0.29, 0.717) is 23.1 Å². The quantitative estimate of drug-likeness (QED) is 0.466. The van der Waals surface area contributed by atoms with E-state index in [1.54, 1.807) is 18.0 Å². The summed E-state index contributed by atoms with van der Waals surface area (Å²) in [5.74, 6) is 2.26. The smallest absolute Gasteiger partial charge is 0.263 e. The first-order chi connectivity index (χ1) is 15.5. The molecule has 0 radical (unpaired) electrons. The van der Waals surface area contributed by atoms with Crippen molar-refractivity contribution >= 4 is 11.7 Å². The Kier molecular flexibility index (Phi) is 6.17. The molecule has 2 heterocycles. The number of aromatic nitrogens is 3. The first-order valence-corrected chi connectivity index (χ1v) is 10.2. The largest absolute Gasteiger partial charge is 0.497 e. The Morgan fingerprint density at radius 3 is 2.56 bits per heavy atom. The summed E-state index contributed by atoms with van der Waals surface area (Å²) < 4.78 is 12.6. The lowest BCUT2D eigenvalue weighted by Crippen LogP contribution is -2.22. The SMILES string of the molecule is COc1ccc(-c2cc(NC(=O)COc3cccc(C)c3C)n(-c3ccccn3)n2)cc1. The maximum Gasteiger partial charge on any atom is 0.263 e. The minimum Gasteiger partial charge on any atom is -0.497 e. The molecule has 2 aromatic carbocycles. The summed E-state index contributed by atoms with van der Waals surface area (Å²) in [5.41, 5.74) is 3.72. The van der Waals surface area contributed by atoms with Gasteiger partial charge >= 0.3 is 0 Å². The molecule has 32 heavy (non-hydrogen) atoms. The van der Waals surface area contributed by atoms with Gasteiger partial charge in [-0.2, -0.15) is 9.78 Å². The van der Waals surface area contributed by atoms with Crippen molar-refractivity contribution < 1.29 is 14.3 Å². The number of hydrogen-bond donors (Lipinski definition) is 1. The van der Waals surface area contributed by atoms with Gasteiger partial charge in [0.2, 0.25) is 0 Å². The third-order valence-electron chi connectivity index (χ3n) is 5.14. The molecule has 2 aromatic heterocycles. The summed E-state index contributed by atoms with van der Waals surface area (Å²) in [6.07, 6.45) is 1.68. The summed E-state index contributed by atoms with van der Waals surface area (Å²) in [6.45, 7) is 3.86. The van der Waals surface area contributed by atoms with Crippen molar-refractivity contribution in [2.45, 2.75) is 13.8 Å². The van der Waals surface area contributed by atoms with Crippen LogP contribution in [0.3, 0.4) is 0 Å². The van der Waals surface area contributed by atoms with Crippen LogP contribution in [0.5, 0.6) is 11.5 Å². The van der Waals surface area contributed by atoms with E-state index in [1.165, 1.54) is 0 Å². The van der Waals surface area contributed by atoms with Crippen molar-refractivity contribution in [3.05, 3.63) is 84.1 Å². The number of amides is 1. The monoisotopic (exact) mass is 428 g/mol. The van der Waals surface area contributed by atoms with Gasteiger partial charge in [0, 0.05) is 17.8 Å². The summed E-state index contributed by atoms with van der Waals surface area (Å²) in [4.78, 5) is 17.0. The third kappa shape index (κ3) is 4.62. The zero-order chi connectivity index (χ0) is 22.5. The number of aryl methyl sites for hydroxylation is 1. The predicted octanol–water partition coefficient (Wildman–Crippen LogP) is 4.58. The number of nitrogens with one attached hydrogen (secondary N) is 1. The fraction of sp³-hybridized carbons (Fsp3) is 0.160. The fourth-order valence-corrected chi connectivity index (χ4v) is 3.23. The lowest BCUT2D eigenvalue weighted by molar-refractivity contribution is -0.118. The van der Waals surface area contributed by atoms with Gasteiger partial charge in [-0.05, 0) is 67.4 Å². The van der Waals surface area contributed by atoms with E-state index in [4.69, 9.17) is 9.47 Å². The van der Waals surface area contributed by atoms with Crippen LogP contribution in [0.25, 0.3) is 17.1 Å². The van der Waals surface area contributed by atoms with Gasteiger partial charge in [0.05, 0.1) is 12.8 Å². The molecule has 0 unspecified atom stereocenters. The highest BCUT2D eigenvalue weighted by atomic mass is 16.5. The molecule has 1 amide bonds. The predicted molar refractivity (Wildman–Crippen MR) is 123 cm³/mol. The van der Waals surface area contributed by atoms with Gasteiger partial charge in [0.1, 0.15) is 17.3 Å². The number of methoxy groups -OCH3 is 1. The van der Waals surface area contributed by atoms with Gasteiger partial charge in [-0.3, -0.25) is 4.79 Å². The summed E-state index contributed by atoms with van der Waals surface area (Å²) in [7, 11) is 1.62. The lowest BCUT2D eigenvalue weighted by Gasteiger charge is -2.11. The number of rotatable bonds is 7. The van der Waals surface area contributed by atoms with Crippen LogP contribution in [0.4, 0.5) is 5.82 Å². The standard InChI is InChI=1S/C25H24N4O3/c1-17-7-6-8-22(18(17)2)32-16-25(30)27-24-15-21(19-10-12-20(31-3)13-11-19)28-29(24)23-9-4-5-14-26-23/h4-15H,16H2,1-3H3,(H,27,30). The van der Waals surface area contributed by atoms with Gasteiger partial charge in [-0.1, -0.05) is 18.2 Å². The fourth-order valence-electron chi connectivity index (χ4n) is 3.23. The van der Waals surface area contributed by atoms with Crippen molar-refractivity contribution in [2.24, 2.45) is 0 Å². The number of ether oxygens (including phenoxy) is 2. The molecule has 7 heteroatoms. The highest BCUT2D eigenvalue weighted by Crippen LogP contribution is 2.26. The van der Waals surface area contributed by atoms with Crippen LogP contribution in [0.2, 0.25) is 0 Å². The molecule has 1 N–H and O–H groups in total. The van der Waals surface area contributed by atoms with Gasteiger partial charge in [0.15, 0.2) is 12.4 Å². The number of anilines is 1. The Morgan fingerprint density at radius 2 is 1.84 bits per heavy atom. The number of nitrogens with zero attached hydrogens (tertiary/aromatic N) is 3. The second-order valence-electron chi connectivity index (χ2n) is 7.28. The average Bonchev–Trinajstić information content (AvgIpc) is 3.24. The van der Waals surface area contributed by atoms with Crippen LogP contribution in [0.1, 0.15) is 11.1 Å². The molecule has 0 saturated heterocycles.